The summed E-state index contributed by atoms with van der Waals surface area (Å²) in [7, 11) is 0. The van der Waals surface area contributed by atoms with Crippen LogP contribution in [0.1, 0.15) is 19.4 Å². The van der Waals surface area contributed by atoms with Gasteiger partial charge in [-0.15, -0.1) is 0 Å². The summed E-state index contributed by atoms with van der Waals surface area (Å²) in [6.45, 7) is 5.19. The molecule has 0 fully saturated rings. The molecule has 6 heteroatoms. The van der Waals surface area contributed by atoms with E-state index in [9.17, 15) is 9.59 Å². The lowest BCUT2D eigenvalue weighted by atomic mass is 10.0. The van der Waals surface area contributed by atoms with Crippen LogP contribution in [0.3, 0.4) is 0 Å². The van der Waals surface area contributed by atoms with Crippen LogP contribution in [0.5, 0.6) is 0 Å². The summed E-state index contributed by atoms with van der Waals surface area (Å²) in [6.07, 6.45) is 0. The highest BCUT2D eigenvalue weighted by atomic mass is 35.5. The first-order valence-corrected chi connectivity index (χ1v) is 8.91. The fourth-order valence-electron chi connectivity index (χ4n) is 2.63. The van der Waals surface area contributed by atoms with Crippen molar-refractivity contribution in [2.75, 3.05) is 5.32 Å². The smallest absolute Gasteiger partial charge is 0.267 e. The van der Waals surface area contributed by atoms with Crippen LogP contribution in [0.15, 0.2) is 65.5 Å². The van der Waals surface area contributed by atoms with Gasteiger partial charge in [-0.25, -0.2) is 4.68 Å². The van der Waals surface area contributed by atoms with E-state index in [1.54, 1.807) is 32.0 Å². The van der Waals surface area contributed by atoms with E-state index >= 15 is 0 Å². The van der Waals surface area contributed by atoms with Crippen LogP contribution in [-0.4, -0.2) is 15.7 Å². The first kappa shape index (κ1) is 18.9. The second kappa shape index (κ2) is 7.37. The Morgan fingerprint density at radius 2 is 1.78 bits per heavy atom. The quantitative estimate of drug-likeness (QED) is 0.734. The second-order valence-corrected chi connectivity index (χ2v) is 7.22. The lowest BCUT2D eigenvalue weighted by Crippen LogP contribution is -2.47. The van der Waals surface area contributed by atoms with E-state index in [1.807, 2.05) is 43.3 Å². The zero-order chi connectivity index (χ0) is 19.6. The minimum absolute atomic E-state index is 0.350. The number of benzene rings is 2. The highest BCUT2D eigenvalue weighted by Gasteiger charge is 2.32. The molecule has 0 aliphatic heterocycles. The van der Waals surface area contributed by atoms with Gasteiger partial charge in [0.05, 0.1) is 5.69 Å². The molecule has 0 aliphatic rings. The summed E-state index contributed by atoms with van der Waals surface area (Å²) in [5.74, 6) is -0.359. The number of amides is 1. The molecule has 1 heterocycles. The van der Waals surface area contributed by atoms with Gasteiger partial charge in [-0.05, 0) is 44.5 Å². The second-order valence-electron chi connectivity index (χ2n) is 6.81. The molecule has 3 aromatic rings. The maximum absolute atomic E-state index is 12.9. The lowest BCUT2D eigenvalue weighted by Gasteiger charge is -2.25. The fraction of sp³-hybridized carbons (Fsp3) is 0.190. The highest BCUT2D eigenvalue weighted by Crippen LogP contribution is 2.23. The molecule has 0 unspecified atom stereocenters. The maximum Gasteiger partial charge on any atom is 0.267 e. The maximum atomic E-state index is 12.9. The first-order valence-electron chi connectivity index (χ1n) is 8.53. The van der Waals surface area contributed by atoms with Gasteiger partial charge < -0.3 is 5.32 Å². The number of carbonyl (C=O) groups excluding carboxylic acids is 1. The van der Waals surface area contributed by atoms with Crippen molar-refractivity contribution in [3.05, 3.63) is 81.6 Å². The van der Waals surface area contributed by atoms with Crippen LogP contribution >= 0.6 is 11.6 Å². The SMILES string of the molecule is Cc1ccc(NC(=O)C(C)(C)n2nc(-c3ccccc3)ccc2=O)cc1Cl. The molecule has 0 atom stereocenters. The minimum atomic E-state index is -1.20. The molecule has 138 valence electrons. The lowest BCUT2D eigenvalue weighted by molar-refractivity contribution is -0.123. The number of hydrogen-bond acceptors (Lipinski definition) is 3. The summed E-state index contributed by atoms with van der Waals surface area (Å²) in [5, 5.41) is 7.80. The Bertz CT molecular complexity index is 1040. The Balaban J connectivity index is 1.94. The van der Waals surface area contributed by atoms with Crippen LogP contribution < -0.4 is 10.9 Å². The molecule has 27 heavy (non-hydrogen) atoms. The summed E-state index contributed by atoms with van der Waals surface area (Å²) in [4.78, 5) is 25.3. The number of halogens is 1. The summed E-state index contributed by atoms with van der Waals surface area (Å²) >= 11 is 6.12. The van der Waals surface area contributed by atoms with Crippen molar-refractivity contribution < 1.29 is 4.79 Å². The van der Waals surface area contributed by atoms with Gasteiger partial charge in [-0.2, -0.15) is 5.10 Å². The van der Waals surface area contributed by atoms with Crippen molar-refractivity contribution in [3.8, 4) is 11.3 Å². The molecule has 0 bridgehead atoms. The van der Waals surface area contributed by atoms with Crippen molar-refractivity contribution in [3.63, 3.8) is 0 Å². The molecule has 0 radical (unpaired) electrons. The number of hydrogen-bond donors (Lipinski definition) is 1. The third-order valence-electron chi connectivity index (χ3n) is 4.38. The van der Waals surface area contributed by atoms with Gasteiger partial charge in [0.2, 0.25) is 0 Å². The molecule has 2 aromatic carbocycles. The van der Waals surface area contributed by atoms with Crippen molar-refractivity contribution in [1.29, 1.82) is 0 Å². The number of aryl methyl sites for hydroxylation is 1. The van der Waals surface area contributed by atoms with Crippen LogP contribution in [0, 0.1) is 6.92 Å². The van der Waals surface area contributed by atoms with Gasteiger partial charge in [0, 0.05) is 22.3 Å². The van der Waals surface area contributed by atoms with Crippen molar-refractivity contribution in [1.82, 2.24) is 9.78 Å². The Morgan fingerprint density at radius 3 is 2.44 bits per heavy atom. The van der Waals surface area contributed by atoms with Crippen LogP contribution in [0.25, 0.3) is 11.3 Å². The Kier molecular flexibility index (Phi) is 5.15. The summed E-state index contributed by atoms with van der Waals surface area (Å²) < 4.78 is 1.21. The number of nitrogens with zero attached hydrogens (tertiary/aromatic N) is 2. The average Bonchev–Trinajstić information content (AvgIpc) is 2.65. The van der Waals surface area contributed by atoms with E-state index in [0.717, 1.165) is 11.1 Å². The third-order valence-corrected chi connectivity index (χ3v) is 4.79. The van der Waals surface area contributed by atoms with Crippen molar-refractivity contribution in [2.24, 2.45) is 0 Å². The van der Waals surface area contributed by atoms with Crippen LogP contribution in [0.4, 0.5) is 5.69 Å². The Morgan fingerprint density at radius 1 is 1.07 bits per heavy atom. The predicted octanol–water partition coefficient (Wildman–Crippen LogP) is 4.25. The molecule has 5 nitrogen and oxygen atoms in total. The van der Waals surface area contributed by atoms with Gasteiger partial charge in [-0.3, -0.25) is 9.59 Å². The average molecular weight is 382 g/mol. The monoisotopic (exact) mass is 381 g/mol. The molecule has 0 saturated carbocycles. The summed E-state index contributed by atoms with van der Waals surface area (Å²) in [5.41, 5.74) is 1.43. The molecular formula is C21H20ClN3O2. The standard InChI is InChI=1S/C21H20ClN3O2/c1-14-9-10-16(13-17(14)22)23-20(27)21(2,3)25-19(26)12-11-18(24-25)15-7-5-4-6-8-15/h4-13H,1-3H3,(H,23,27). The van der Waals surface area contributed by atoms with E-state index < -0.39 is 5.54 Å². The van der Waals surface area contributed by atoms with Crippen LogP contribution in [0.2, 0.25) is 5.02 Å². The topological polar surface area (TPSA) is 64.0 Å². The molecule has 0 saturated heterocycles. The Labute approximate surface area is 162 Å². The van der Waals surface area contributed by atoms with Gasteiger partial charge in [-0.1, -0.05) is 48.0 Å². The molecule has 1 aromatic heterocycles. The summed E-state index contributed by atoms with van der Waals surface area (Å²) in [6, 6.07) is 17.9. The molecule has 0 aliphatic carbocycles. The predicted molar refractivity (Wildman–Crippen MR) is 108 cm³/mol. The zero-order valence-corrected chi connectivity index (χ0v) is 16.1. The van der Waals surface area contributed by atoms with Crippen molar-refractivity contribution in [2.45, 2.75) is 26.3 Å². The van der Waals surface area contributed by atoms with E-state index in [4.69, 9.17) is 11.6 Å². The number of rotatable bonds is 4. The number of aromatic nitrogens is 2. The molecule has 1 N–H and O–H groups in total. The van der Waals surface area contributed by atoms with Crippen molar-refractivity contribution >= 4 is 23.2 Å². The van der Waals surface area contributed by atoms with E-state index in [-0.39, 0.29) is 11.5 Å². The van der Waals surface area contributed by atoms with E-state index in [2.05, 4.69) is 10.4 Å². The highest BCUT2D eigenvalue weighted by molar-refractivity contribution is 6.31. The minimum Gasteiger partial charge on any atom is -0.324 e. The van der Waals surface area contributed by atoms with Gasteiger partial charge in [0.1, 0.15) is 5.54 Å². The van der Waals surface area contributed by atoms with Gasteiger partial charge >= 0.3 is 0 Å². The molecular weight excluding hydrogens is 362 g/mol. The van der Waals surface area contributed by atoms with E-state index in [0.29, 0.717) is 16.4 Å². The van der Waals surface area contributed by atoms with Crippen LogP contribution in [-0.2, 0) is 10.3 Å². The Hall–Kier alpha value is -2.92. The molecule has 0 spiro atoms. The normalized spacial score (nSPS) is 11.3. The zero-order valence-electron chi connectivity index (χ0n) is 15.4. The molecule has 3 rings (SSSR count). The molecule has 1 amide bonds. The number of anilines is 1. The van der Waals surface area contributed by atoms with Gasteiger partial charge in [0.25, 0.3) is 11.5 Å². The number of carbonyl (C=O) groups is 1. The fourth-order valence-corrected chi connectivity index (χ4v) is 2.81. The van der Waals surface area contributed by atoms with Gasteiger partial charge in [0.15, 0.2) is 0 Å². The third kappa shape index (κ3) is 3.93. The van der Waals surface area contributed by atoms with E-state index in [1.165, 1.54) is 10.7 Å². The largest absolute Gasteiger partial charge is 0.324 e. The number of nitrogens with one attached hydrogen (secondary N) is 1. The first-order chi connectivity index (χ1) is 12.8.